The maximum Gasteiger partial charge on any atom is 0.242 e. The molecule has 4 nitrogen and oxygen atoms in total. The van der Waals surface area contributed by atoms with Gasteiger partial charge in [0.25, 0.3) is 0 Å². The predicted octanol–water partition coefficient (Wildman–Crippen LogP) is 0.926. The number of benzene rings is 1. The second-order valence-corrected chi connectivity index (χ2v) is 3.87. The Kier molecular flexibility index (Phi) is 2.83. The van der Waals surface area contributed by atoms with Gasteiger partial charge < -0.3 is 15.4 Å². The fraction of sp³-hybridized carbons (Fsp3) is 0.417. The molecule has 1 aliphatic heterocycles. The second kappa shape index (κ2) is 4.14. The number of hydrogen-bond donors (Lipinski definition) is 1. The molecule has 2 N–H and O–H groups in total. The number of likely N-dealkylation sites (N-methyl/N-ethyl adjacent to an activating group) is 1. The van der Waals surface area contributed by atoms with E-state index in [0.29, 0.717) is 6.54 Å². The molecule has 2 atom stereocenters. The first-order valence-corrected chi connectivity index (χ1v) is 5.39. The average Bonchev–Trinajstić information content (AvgIpc) is 2.34. The molecule has 1 amide bonds. The Hall–Kier alpha value is -1.55. The van der Waals surface area contributed by atoms with Gasteiger partial charge in [-0.25, -0.2) is 0 Å². The maximum atomic E-state index is 11.5. The van der Waals surface area contributed by atoms with Crippen molar-refractivity contribution in [2.45, 2.75) is 19.0 Å². The van der Waals surface area contributed by atoms with Crippen LogP contribution in [0, 0.1) is 0 Å². The summed E-state index contributed by atoms with van der Waals surface area (Å²) in [5.74, 6) is 0.815. The van der Waals surface area contributed by atoms with Crippen molar-refractivity contribution in [1.29, 1.82) is 0 Å². The minimum absolute atomic E-state index is 0.00685. The van der Waals surface area contributed by atoms with Crippen molar-refractivity contribution in [3.05, 3.63) is 29.8 Å². The predicted molar refractivity (Wildman–Crippen MR) is 61.1 cm³/mol. The summed E-state index contributed by atoms with van der Waals surface area (Å²) in [5.41, 5.74) is 6.86. The highest BCUT2D eigenvalue weighted by molar-refractivity contribution is 5.89. The van der Waals surface area contributed by atoms with E-state index in [1.54, 1.807) is 12.0 Å². The number of hydrogen-bond acceptors (Lipinski definition) is 3. The third kappa shape index (κ3) is 1.55. The normalized spacial score (nSPS) is 24.2. The monoisotopic (exact) mass is 220 g/mol. The maximum absolute atomic E-state index is 11.5. The van der Waals surface area contributed by atoms with Gasteiger partial charge in [-0.2, -0.15) is 0 Å². The number of methoxy groups -OCH3 is 1. The fourth-order valence-corrected chi connectivity index (χ4v) is 2.14. The number of likely N-dealkylation sites (tertiary alicyclic amines) is 1. The molecule has 0 radical (unpaired) electrons. The van der Waals surface area contributed by atoms with Crippen LogP contribution in [0.3, 0.4) is 0 Å². The zero-order valence-corrected chi connectivity index (χ0v) is 9.51. The van der Waals surface area contributed by atoms with Gasteiger partial charge >= 0.3 is 0 Å². The summed E-state index contributed by atoms with van der Waals surface area (Å²) in [4.78, 5) is 13.3. The molecule has 0 aliphatic carbocycles. The van der Waals surface area contributed by atoms with Crippen molar-refractivity contribution >= 4 is 5.91 Å². The quantitative estimate of drug-likeness (QED) is 0.771. The van der Waals surface area contributed by atoms with Crippen LogP contribution >= 0.6 is 0 Å². The number of carbonyl (C=O) groups excluding carboxylic acids is 1. The minimum Gasteiger partial charge on any atom is -0.497 e. The Balaban J connectivity index is 2.26. The zero-order valence-electron chi connectivity index (χ0n) is 9.51. The molecule has 0 spiro atoms. The van der Waals surface area contributed by atoms with Gasteiger partial charge in [-0.3, -0.25) is 4.79 Å². The Morgan fingerprint density at radius 3 is 2.88 bits per heavy atom. The molecule has 1 fully saturated rings. The summed E-state index contributed by atoms with van der Waals surface area (Å²) in [6, 6.07) is 7.28. The van der Waals surface area contributed by atoms with Gasteiger partial charge in [-0.1, -0.05) is 12.1 Å². The molecule has 1 aromatic carbocycles. The van der Waals surface area contributed by atoms with Crippen LogP contribution in [-0.4, -0.2) is 30.5 Å². The molecule has 4 heteroatoms. The van der Waals surface area contributed by atoms with Crippen molar-refractivity contribution in [3.8, 4) is 5.75 Å². The van der Waals surface area contributed by atoms with Gasteiger partial charge in [0.2, 0.25) is 5.91 Å². The van der Waals surface area contributed by atoms with E-state index in [9.17, 15) is 4.79 Å². The lowest BCUT2D eigenvalue weighted by atomic mass is 9.89. The van der Waals surface area contributed by atoms with Crippen LogP contribution in [0.2, 0.25) is 0 Å². The van der Waals surface area contributed by atoms with Crippen molar-refractivity contribution in [1.82, 2.24) is 4.90 Å². The van der Waals surface area contributed by atoms with E-state index in [-0.39, 0.29) is 11.9 Å². The third-order valence-corrected chi connectivity index (χ3v) is 3.02. The number of rotatable bonds is 3. The van der Waals surface area contributed by atoms with Crippen LogP contribution in [0.1, 0.15) is 18.5 Å². The number of nitrogens with two attached hydrogens (primary N) is 1. The van der Waals surface area contributed by atoms with Crippen LogP contribution in [0.25, 0.3) is 0 Å². The van der Waals surface area contributed by atoms with Crippen molar-refractivity contribution in [2.24, 2.45) is 5.73 Å². The van der Waals surface area contributed by atoms with Crippen LogP contribution in [0.15, 0.2) is 24.3 Å². The summed E-state index contributed by atoms with van der Waals surface area (Å²) >= 11 is 0. The van der Waals surface area contributed by atoms with Gasteiger partial charge in [0.15, 0.2) is 0 Å². The lowest BCUT2D eigenvalue weighted by Gasteiger charge is -2.45. The van der Waals surface area contributed by atoms with Crippen molar-refractivity contribution in [2.75, 3.05) is 13.7 Å². The topological polar surface area (TPSA) is 55.6 Å². The average molecular weight is 220 g/mol. The highest BCUT2D eigenvalue weighted by Gasteiger charge is 2.44. The molecule has 1 heterocycles. The van der Waals surface area contributed by atoms with E-state index in [0.717, 1.165) is 11.3 Å². The molecule has 0 unspecified atom stereocenters. The molecule has 86 valence electrons. The van der Waals surface area contributed by atoms with Crippen LogP contribution in [0.5, 0.6) is 5.75 Å². The number of ether oxygens (including phenoxy) is 1. The van der Waals surface area contributed by atoms with E-state index in [4.69, 9.17) is 10.5 Å². The highest BCUT2D eigenvalue weighted by Crippen LogP contribution is 2.34. The molecule has 2 rings (SSSR count). The van der Waals surface area contributed by atoms with Crippen molar-refractivity contribution < 1.29 is 9.53 Å². The lowest BCUT2D eigenvalue weighted by Crippen LogP contribution is -2.62. The molecule has 1 aromatic rings. The molecule has 0 aromatic heterocycles. The van der Waals surface area contributed by atoms with Gasteiger partial charge in [-0.05, 0) is 24.6 Å². The molecular formula is C12H16N2O2. The Morgan fingerprint density at radius 1 is 1.50 bits per heavy atom. The molecule has 1 saturated heterocycles. The molecule has 1 aliphatic rings. The van der Waals surface area contributed by atoms with E-state index < -0.39 is 6.04 Å². The highest BCUT2D eigenvalue weighted by atomic mass is 16.5. The molecule has 0 bridgehead atoms. The summed E-state index contributed by atoms with van der Waals surface area (Å²) < 4.78 is 5.16. The number of nitrogens with zero attached hydrogens (tertiary/aromatic N) is 1. The summed E-state index contributed by atoms with van der Waals surface area (Å²) in [7, 11) is 1.63. The van der Waals surface area contributed by atoms with E-state index >= 15 is 0 Å². The summed E-state index contributed by atoms with van der Waals surface area (Å²) in [6.07, 6.45) is 0. The number of amides is 1. The first kappa shape index (κ1) is 11.0. The second-order valence-electron chi connectivity index (χ2n) is 3.87. The van der Waals surface area contributed by atoms with Crippen LogP contribution in [-0.2, 0) is 4.79 Å². The largest absolute Gasteiger partial charge is 0.497 e. The van der Waals surface area contributed by atoms with Gasteiger partial charge in [0.05, 0.1) is 13.2 Å². The van der Waals surface area contributed by atoms with E-state index in [1.165, 1.54) is 0 Å². The van der Waals surface area contributed by atoms with E-state index in [2.05, 4.69) is 0 Å². The SMILES string of the molecule is CCN1C(=O)[C@@H](N)[C@@H]1c1cccc(OC)c1. The van der Waals surface area contributed by atoms with Gasteiger partial charge in [-0.15, -0.1) is 0 Å². The standard InChI is InChI=1S/C12H16N2O2/c1-3-14-11(10(13)12(14)15)8-5-4-6-9(7-8)16-2/h4-7,10-11H,3,13H2,1-2H3/t10-,11-/m0/s1. The number of carbonyl (C=O) groups is 1. The third-order valence-electron chi connectivity index (χ3n) is 3.02. The number of β-lactam (4-membered cyclic amide) rings is 1. The van der Waals surface area contributed by atoms with Gasteiger partial charge in [0, 0.05) is 6.54 Å². The van der Waals surface area contributed by atoms with Crippen LogP contribution in [0.4, 0.5) is 0 Å². The van der Waals surface area contributed by atoms with Crippen molar-refractivity contribution in [3.63, 3.8) is 0 Å². The smallest absolute Gasteiger partial charge is 0.242 e. The Morgan fingerprint density at radius 2 is 2.25 bits per heavy atom. The Bertz CT molecular complexity index is 406. The van der Waals surface area contributed by atoms with Gasteiger partial charge in [0.1, 0.15) is 11.8 Å². The molecule has 16 heavy (non-hydrogen) atoms. The molecular weight excluding hydrogens is 204 g/mol. The molecule has 0 saturated carbocycles. The first-order chi connectivity index (χ1) is 7.69. The zero-order chi connectivity index (χ0) is 11.7. The lowest BCUT2D eigenvalue weighted by molar-refractivity contribution is -0.149. The first-order valence-electron chi connectivity index (χ1n) is 5.39. The Labute approximate surface area is 95.0 Å². The minimum atomic E-state index is -0.410. The summed E-state index contributed by atoms with van der Waals surface area (Å²) in [6.45, 7) is 2.64. The summed E-state index contributed by atoms with van der Waals surface area (Å²) in [5, 5.41) is 0. The van der Waals surface area contributed by atoms with E-state index in [1.807, 2.05) is 31.2 Å². The van der Waals surface area contributed by atoms with Crippen LogP contribution < -0.4 is 10.5 Å². The fourth-order valence-electron chi connectivity index (χ4n) is 2.14.